The summed E-state index contributed by atoms with van der Waals surface area (Å²) in [5.74, 6) is 0. The fourth-order valence-electron chi connectivity index (χ4n) is 8.25. The molecule has 0 radical (unpaired) electrons. The van der Waals surface area contributed by atoms with Gasteiger partial charge in [-0.2, -0.15) is 0 Å². The molecule has 3 heterocycles. The quantitative estimate of drug-likeness (QED) is 0.176. The van der Waals surface area contributed by atoms with Crippen LogP contribution in [0.15, 0.2) is 192 Å². The Morgan fingerprint density at radius 1 is 0.491 bits per heavy atom. The average Bonchev–Trinajstić information content (AvgIpc) is 3.77. The summed E-state index contributed by atoms with van der Waals surface area (Å²) >= 11 is 3.77. The molecule has 0 unspecified atom stereocenters. The zero-order valence-corrected chi connectivity index (χ0v) is 30.4. The van der Waals surface area contributed by atoms with Crippen LogP contribution < -0.4 is 4.90 Å². The van der Waals surface area contributed by atoms with Crippen LogP contribution in [0, 0.1) is 0 Å². The topological polar surface area (TPSA) is 8.17 Å². The van der Waals surface area contributed by atoms with Crippen LogP contribution in [0.4, 0.5) is 17.1 Å². The van der Waals surface area contributed by atoms with Gasteiger partial charge in [0, 0.05) is 57.8 Å². The first-order valence-electron chi connectivity index (χ1n) is 18.1. The summed E-state index contributed by atoms with van der Waals surface area (Å²) in [5, 5.41) is 5.08. The Labute approximate surface area is 316 Å². The number of hydrogen-bond donors (Lipinski definition) is 0. The van der Waals surface area contributed by atoms with E-state index in [4.69, 9.17) is 0 Å². The molecule has 0 aliphatic carbocycles. The Balaban J connectivity index is 1.11. The molecule has 2 aromatic heterocycles. The average molecular weight is 713 g/mol. The van der Waals surface area contributed by atoms with E-state index in [1.54, 1.807) is 0 Å². The molecular formula is C49H32N2S2. The van der Waals surface area contributed by atoms with E-state index in [0.29, 0.717) is 0 Å². The van der Waals surface area contributed by atoms with Crippen molar-refractivity contribution in [3.63, 3.8) is 0 Å². The lowest BCUT2D eigenvalue weighted by molar-refractivity contribution is 1.06. The van der Waals surface area contributed by atoms with E-state index >= 15 is 0 Å². The predicted molar refractivity (Wildman–Crippen MR) is 227 cm³/mol. The van der Waals surface area contributed by atoms with Crippen molar-refractivity contribution in [3.05, 3.63) is 193 Å². The third-order valence-corrected chi connectivity index (χ3v) is 13.1. The molecule has 0 saturated carbocycles. The van der Waals surface area contributed by atoms with Gasteiger partial charge < -0.3 is 9.47 Å². The molecule has 0 N–H and O–H groups in total. The van der Waals surface area contributed by atoms with Crippen molar-refractivity contribution in [3.8, 4) is 16.8 Å². The van der Waals surface area contributed by atoms with Gasteiger partial charge in [-0.3, -0.25) is 0 Å². The van der Waals surface area contributed by atoms with Gasteiger partial charge in [0.15, 0.2) is 0 Å². The number of nitrogens with zero attached hydrogens (tertiary/aromatic N) is 2. The Morgan fingerprint density at radius 3 is 2.09 bits per heavy atom. The number of fused-ring (bicyclic) bond motifs is 8. The minimum absolute atomic E-state index is 0.971. The van der Waals surface area contributed by atoms with Crippen molar-refractivity contribution in [1.29, 1.82) is 0 Å². The van der Waals surface area contributed by atoms with Gasteiger partial charge in [0.05, 0.1) is 16.7 Å². The largest absolute Gasteiger partial charge is 0.310 e. The number of hydrogen-bond acceptors (Lipinski definition) is 3. The van der Waals surface area contributed by atoms with Crippen LogP contribution in [0.2, 0.25) is 0 Å². The summed E-state index contributed by atoms with van der Waals surface area (Å²) in [6.07, 6.45) is 0.971. The Morgan fingerprint density at radius 2 is 1.19 bits per heavy atom. The maximum atomic E-state index is 2.46. The molecule has 11 rings (SSSR count). The second-order valence-corrected chi connectivity index (χ2v) is 15.8. The molecule has 0 atom stereocenters. The first kappa shape index (κ1) is 30.5. The maximum Gasteiger partial charge on any atom is 0.0561 e. The monoisotopic (exact) mass is 712 g/mol. The molecule has 2 nitrogen and oxygen atoms in total. The fraction of sp³-hybridized carbons (Fsp3) is 0.0204. The molecule has 4 heteroatoms. The Hall–Kier alpha value is -6.07. The highest BCUT2D eigenvalue weighted by atomic mass is 32.2. The molecule has 1 aliphatic heterocycles. The van der Waals surface area contributed by atoms with Crippen molar-refractivity contribution in [2.45, 2.75) is 16.2 Å². The SMILES string of the molecule is c1ccc(-n2c3ccccc3c3ccc(N(c4ccc(-c5cccc6c5Sc5ccccc5C6)cc4)c4cccc5sc6ccccc6c45)cc32)cc1. The van der Waals surface area contributed by atoms with Crippen LogP contribution in [0.3, 0.4) is 0 Å². The van der Waals surface area contributed by atoms with Gasteiger partial charge in [0.2, 0.25) is 0 Å². The van der Waals surface area contributed by atoms with E-state index in [-0.39, 0.29) is 0 Å². The van der Waals surface area contributed by atoms with E-state index in [0.717, 1.165) is 23.5 Å². The lowest BCUT2D eigenvalue weighted by atomic mass is 9.98. The van der Waals surface area contributed by atoms with E-state index in [9.17, 15) is 0 Å². The number of para-hydroxylation sites is 2. The minimum atomic E-state index is 0.971. The lowest BCUT2D eigenvalue weighted by Crippen LogP contribution is -2.10. The van der Waals surface area contributed by atoms with E-state index in [1.807, 2.05) is 23.1 Å². The smallest absolute Gasteiger partial charge is 0.0561 e. The number of aromatic nitrogens is 1. The Kier molecular flexibility index (Phi) is 7.07. The van der Waals surface area contributed by atoms with Gasteiger partial charge in [-0.05, 0) is 95.4 Å². The maximum absolute atomic E-state index is 2.46. The molecule has 250 valence electrons. The van der Waals surface area contributed by atoms with Crippen LogP contribution in [0.1, 0.15) is 11.1 Å². The summed E-state index contributed by atoms with van der Waals surface area (Å²) in [6, 6.07) is 66.9. The van der Waals surface area contributed by atoms with Crippen molar-refractivity contribution in [2.24, 2.45) is 0 Å². The second-order valence-electron chi connectivity index (χ2n) is 13.7. The zero-order chi connectivity index (χ0) is 34.9. The van der Waals surface area contributed by atoms with Crippen LogP contribution in [0.25, 0.3) is 58.8 Å². The van der Waals surface area contributed by atoms with Crippen LogP contribution in [-0.4, -0.2) is 4.57 Å². The lowest BCUT2D eigenvalue weighted by Gasteiger charge is -2.27. The van der Waals surface area contributed by atoms with Gasteiger partial charge in [-0.15, -0.1) is 11.3 Å². The first-order valence-corrected chi connectivity index (χ1v) is 19.7. The van der Waals surface area contributed by atoms with E-state index in [2.05, 4.69) is 191 Å². The van der Waals surface area contributed by atoms with Gasteiger partial charge in [-0.25, -0.2) is 0 Å². The molecule has 0 fully saturated rings. The van der Waals surface area contributed by atoms with E-state index in [1.165, 1.54) is 79.7 Å². The number of rotatable bonds is 5. The highest BCUT2D eigenvalue weighted by molar-refractivity contribution is 7.99. The molecule has 0 saturated heterocycles. The number of benzene rings is 8. The highest BCUT2D eigenvalue weighted by Gasteiger charge is 2.22. The molecule has 0 amide bonds. The van der Waals surface area contributed by atoms with Gasteiger partial charge in [0.1, 0.15) is 0 Å². The van der Waals surface area contributed by atoms with Crippen molar-refractivity contribution in [2.75, 3.05) is 4.90 Å². The fourth-order valence-corrected chi connectivity index (χ4v) is 10.6. The standard InChI is InChI=1S/C49H32N2S2/c1-2-14-35(15-3-1)51-42-19-7-5-16-39(42)40-29-28-37(31-44(40)51)50(43-20-11-23-47-48(43)41-17-6-9-22-46(41)52-47)36-26-24-32(25-27-36)38-18-10-13-34-30-33-12-4-8-21-45(33)53-49(34)38/h1-29,31H,30H2. The minimum Gasteiger partial charge on any atom is -0.310 e. The van der Waals surface area contributed by atoms with Gasteiger partial charge in [0.25, 0.3) is 0 Å². The van der Waals surface area contributed by atoms with Crippen LogP contribution in [-0.2, 0) is 6.42 Å². The summed E-state index contributed by atoms with van der Waals surface area (Å²) < 4.78 is 5.00. The molecule has 10 aromatic rings. The molecular weight excluding hydrogens is 681 g/mol. The van der Waals surface area contributed by atoms with Crippen molar-refractivity contribution >= 4 is 82.1 Å². The first-order chi connectivity index (χ1) is 26.3. The summed E-state index contributed by atoms with van der Waals surface area (Å²) in [4.78, 5) is 5.18. The summed E-state index contributed by atoms with van der Waals surface area (Å²) in [6.45, 7) is 0. The molecule has 8 aromatic carbocycles. The molecule has 0 spiro atoms. The number of anilines is 3. The third-order valence-electron chi connectivity index (χ3n) is 10.6. The second kappa shape index (κ2) is 12.3. The predicted octanol–water partition coefficient (Wildman–Crippen LogP) is 14.3. The summed E-state index contributed by atoms with van der Waals surface area (Å²) in [7, 11) is 0. The zero-order valence-electron chi connectivity index (χ0n) is 28.7. The Bertz CT molecular complexity index is 3010. The molecule has 1 aliphatic rings. The van der Waals surface area contributed by atoms with Crippen LogP contribution in [0.5, 0.6) is 0 Å². The van der Waals surface area contributed by atoms with Gasteiger partial charge in [-0.1, -0.05) is 127 Å². The van der Waals surface area contributed by atoms with E-state index < -0.39 is 0 Å². The van der Waals surface area contributed by atoms with Gasteiger partial charge >= 0.3 is 0 Å². The highest BCUT2D eigenvalue weighted by Crippen LogP contribution is 2.48. The van der Waals surface area contributed by atoms with Crippen LogP contribution >= 0.6 is 23.1 Å². The molecule has 0 bridgehead atoms. The summed E-state index contributed by atoms with van der Waals surface area (Å²) in [5.41, 5.74) is 12.3. The van der Waals surface area contributed by atoms with Crippen molar-refractivity contribution in [1.82, 2.24) is 4.57 Å². The molecule has 53 heavy (non-hydrogen) atoms. The van der Waals surface area contributed by atoms with Crippen molar-refractivity contribution < 1.29 is 0 Å². The number of thiophene rings is 1. The third kappa shape index (κ3) is 4.94. The normalized spacial score (nSPS) is 12.4.